The standard InChI is InChI=1S/C24H19N3O/c1-15-21(17-9-4-3-5-10-17)23(19(14-25)24(26)27-15)22-18-11-7-6-8-16(18)12-13-20(22)28-2/h3-13H,1-2H3,(H2,26,27). The highest BCUT2D eigenvalue weighted by atomic mass is 16.5. The van der Waals surface area contributed by atoms with E-state index in [9.17, 15) is 5.26 Å². The highest BCUT2D eigenvalue weighted by Crippen LogP contribution is 2.45. The second-order valence-corrected chi connectivity index (χ2v) is 6.55. The third-order valence-corrected chi connectivity index (χ3v) is 4.94. The van der Waals surface area contributed by atoms with Gasteiger partial charge in [0.15, 0.2) is 0 Å². The van der Waals surface area contributed by atoms with Crippen LogP contribution in [0.1, 0.15) is 11.3 Å². The molecule has 1 heterocycles. The van der Waals surface area contributed by atoms with E-state index < -0.39 is 0 Å². The van der Waals surface area contributed by atoms with Gasteiger partial charge in [0.05, 0.1) is 7.11 Å². The van der Waals surface area contributed by atoms with Crippen LogP contribution in [0.4, 0.5) is 5.82 Å². The molecule has 0 aliphatic heterocycles. The van der Waals surface area contributed by atoms with E-state index >= 15 is 0 Å². The lowest BCUT2D eigenvalue weighted by Gasteiger charge is -2.20. The Bertz CT molecular complexity index is 1220. The number of anilines is 1. The van der Waals surface area contributed by atoms with Crippen LogP contribution in [-0.4, -0.2) is 12.1 Å². The Kier molecular flexibility index (Phi) is 4.42. The maximum Gasteiger partial charge on any atom is 0.142 e. The van der Waals surface area contributed by atoms with Gasteiger partial charge in [0.1, 0.15) is 23.2 Å². The van der Waals surface area contributed by atoms with E-state index in [2.05, 4.69) is 11.1 Å². The van der Waals surface area contributed by atoms with Gasteiger partial charge in [-0.3, -0.25) is 0 Å². The summed E-state index contributed by atoms with van der Waals surface area (Å²) in [6.45, 7) is 1.92. The lowest BCUT2D eigenvalue weighted by Crippen LogP contribution is -2.04. The van der Waals surface area contributed by atoms with Crippen LogP contribution in [0.25, 0.3) is 33.0 Å². The van der Waals surface area contributed by atoms with Crippen LogP contribution in [0.15, 0.2) is 66.7 Å². The van der Waals surface area contributed by atoms with E-state index in [-0.39, 0.29) is 5.82 Å². The second-order valence-electron chi connectivity index (χ2n) is 6.55. The lowest BCUT2D eigenvalue weighted by molar-refractivity contribution is 0.417. The van der Waals surface area contributed by atoms with Crippen molar-refractivity contribution in [2.75, 3.05) is 12.8 Å². The summed E-state index contributed by atoms with van der Waals surface area (Å²) in [7, 11) is 1.64. The fourth-order valence-corrected chi connectivity index (χ4v) is 3.73. The number of methoxy groups -OCH3 is 1. The van der Waals surface area contributed by atoms with Crippen molar-refractivity contribution in [3.05, 3.63) is 78.0 Å². The van der Waals surface area contributed by atoms with Crippen LogP contribution in [0.3, 0.4) is 0 Å². The molecule has 4 aromatic rings. The number of ether oxygens (including phenoxy) is 1. The van der Waals surface area contributed by atoms with Crippen molar-refractivity contribution in [2.45, 2.75) is 6.92 Å². The molecule has 0 fully saturated rings. The number of nitrogens with two attached hydrogens (primary N) is 1. The first-order valence-corrected chi connectivity index (χ1v) is 8.97. The third-order valence-electron chi connectivity index (χ3n) is 4.94. The number of nitrogen functional groups attached to an aromatic ring is 1. The molecule has 4 nitrogen and oxygen atoms in total. The molecule has 0 aliphatic rings. The highest BCUT2D eigenvalue weighted by molar-refractivity contribution is 6.06. The summed E-state index contributed by atoms with van der Waals surface area (Å²) < 4.78 is 5.71. The summed E-state index contributed by atoms with van der Waals surface area (Å²) in [5.41, 5.74) is 10.8. The second kappa shape index (κ2) is 7.05. The topological polar surface area (TPSA) is 71.9 Å². The summed E-state index contributed by atoms with van der Waals surface area (Å²) in [6.07, 6.45) is 0. The van der Waals surface area contributed by atoms with Crippen molar-refractivity contribution in [3.63, 3.8) is 0 Å². The smallest absolute Gasteiger partial charge is 0.142 e. The van der Waals surface area contributed by atoms with Crippen LogP contribution < -0.4 is 10.5 Å². The van der Waals surface area contributed by atoms with Gasteiger partial charge in [0.25, 0.3) is 0 Å². The van der Waals surface area contributed by atoms with Crippen LogP contribution in [-0.2, 0) is 0 Å². The van der Waals surface area contributed by atoms with Crippen LogP contribution in [0.2, 0.25) is 0 Å². The van der Waals surface area contributed by atoms with Crippen molar-refractivity contribution < 1.29 is 4.74 Å². The summed E-state index contributed by atoms with van der Waals surface area (Å²) >= 11 is 0. The number of hydrogen-bond acceptors (Lipinski definition) is 4. The largest absolute Gasteiger partial charge is 0.496 e. The Balaban J connectivity index is 2.24. The summed E-state index contributed by atoms with van der Waals surface area (Å²) in [4.78, 5) is 4.46. The monoisotopic (exact) mass is 365 g/mol. The third kappa shape index (κ3) is 2.74. The van der Waals surface area contributed by atoms with E-state index in [4.69, 9.17) is 10.5 Å². The predicted octanol–water partition coefficient (Wildman–Crippen LogP) is 5.34. The molecule has 2 N–H and O–H groups in total. The zero-order valence-corrected chi connectivity index (χ0v) is 15.7. The van der Waals surface area contributed by atoms with Crippen LogP contribution >= 0.6 is 0 Å². The van der Waals surface area contributed by atoms with Crippen molar-refractivity contribution in [3.8, 4) is 34.1 Å². The summed E-state index contributed by atoms with van der Waals surface area (Å²) in [5.74, 6) is 0.919. The molecular formula is C24H19N3O. The molecule has 0 aliphatic carbocycles. The molecule has 3 aromatic carbocycles. The quantitative estimate of drug-likeness (QED) is 0.532. The molecule has 0 saturated carbocycles. The summed E-state index contributed by atoms with van der Waals surface area (Å²) in [6, 6.07) is 24.2. The molecule has 28 heavy (non-hydrogen) atoms. The van der Waals surface area contributed by atoms with Gasteiger partial charge in [0, 0.05) is 22.4 Å². The van der Waals surface area contributed by atoms with Crippen molar-refractivity contribution in [1.82, 2.24) is 4.98 Å². The highest BCUT2D eigenvalue weighted by Gasteiger charge is 2.23. The number of nitrogens with zero attached hydrogens (tertiary/aromatic N) is 2. The molecule has 0 bridgehead atoms. The van der Waals surface area contributed by atoms with Crippen molar-refractivity contribution >= 4 is 16.6 Å². The molecule has 4 rings (SSSR count). The van der Waals surface area contributed by atoms with Gasteiger partial charge in [-0.2, -0.15) is 5.26 Å². The number of aromatic nitrogens is 1. The van der Waals surface area contributed by atoms with Gasteiger partial charge < -0.3 is 10.5 Å². The average molecular weight is 365 g/mol. The average Bonchev–Trinajstić information content (AvgIpc) is 2.73. The molecule has 0 saturated heterocycles. The Labute approximate surface area is 163 Å². The Hall–Kier alpha value is -3.84. The number of hydrogen-bond donors (Lipinski definition) is 1. The molecule has 4 heteroatoms. The predicted molar refractivity (Wildman–Crippen MR) is 113 cm³/mol. The lowest BCUT2D eigenvalue weighted by atomic mass is 9.87. The number of fused-ring (bicyclic) bond motifs is 1. The van der Waals surface area contributed by atoms with Gasteiger partial charge in [0.2, 0.25) is 0 Å². The maximum atomic E-state index is 9.95. The molecule has 1 aromatic heterocycles. The number of pyridine rings is 1. The zero-order valence-electron chi connectivity index (χ0n) is 15.7. The van der Waals surface area contributed by atoms with E-state index in [1.807, 2.05) is 73.7 Å². The van der Waals surface area contributed by atoms with Crippen molar-refractivity contribution in [2.24, 2.45) is 0 Å². The number of nitriles is 1. The van der Waals surface area contributed by atoms with Gasteiger partial charge in [-0.1, -0.05) is 60.7 Å². The first-order valence-electron chi connectivity index (χ1n) is 8.97. The minimum Gasteiger partial charge on any atom is -0.496 e. The van der Waals surface area contributed by atoms with Gasteiger partial charge >= 0.3 is 0 Å². The van der Waals surface area contributed by atoms with Gasteiger partial charge in [-0.15, -0.1) is 0 Å². The zero-order chi connectivity index (χ0) is 19.7. The minimum absolute atomic E-state index is 0.227. The first-order chi connectivity index (χ1) is 13.7. The Morgan fingerprint density at radius 1 is 0.893 bits per heavy atom. The molecule has 0 radical (unpaired) electrons. The normalized spacial score (nSPS) is 10.6. The molecule has 0 amide bonds. The fraction of sp³-hybridized carbons (Fsp3) is 0.0833. The molecule has 0 unspecified atom stereocenters. The van der Waals surface area contributed by atoms with E-state index in [1.165, 1.54) is 0 Å². The molecular weight excluding hydrogens is 346 g/mol. The molecule has 0 spiro atoms. The molecule has 0 atom stereocenters. The van der Waals surface area contributed by atoms with Crippen LogP contribution in [0.5, 0.6) is 5.75 Å². The Morgan fingerprint density at radius 2 is 1.61 bits per heavy atom. The van der Waals surface area contributed by atoms with Gasteiger partial charge in [-0.25, -0.2) is 4.98 Å². The fourth-order valence-electron chi connectivity index (χ4n) is 3.73. The van der Waals surface area contributed by atoms with Crippen molar-refractivity contribution in [1.29, 1.82) is 5.26 Å². The minimum atomic E-state index is 0.227. The van der Waals surface area contributed by atoms with Gasteiger partial charge in [-0.05, 0) is 29.3 Å². The van der Waals surface area contributed by atoms with Crippen LogP contribution in [0, 0.1) is 18.3 Å². The van der Waals surface area contributed by atoms with E-state index in [0.29, 0.717) is 11.3 Å². The number of benzene rings is 3. The van der Waals surface area contributed by atoms with E-state index in [1.54, 1.807) is 7.11 Å². The number of aryl methyl sites for hydroxylation is 1. The maximum absolute atomic E-state index is 9.95. The SMILES string of the molecule is COc1ccc2ccccc2c1-c1c(C#N)c(N)nc(C)c1-c1ccccc1. The number of rotatable bonds is 3. The Morgan fingerprint density at radius 3 is 2.32 bits per heavy atom. The first kappa shape index (κ1) is 17.6. The summed E-state index contributed by atoms with van der Waals surface area (Å²) in [5, 5.41) is 12.0. The van der Waals surface area contributed by atoms with E-state index in [0.717, 1.165) is 38.7 Å². The molecule has 136 valence electrons.